The highest BCUT2D eigenvalue weighted by molar-refractivity contribution is 7.98. The third-order valence-electron chi connectivity index (χ3n) is 2.49. The molecule has 0 aliphatic rings. The summed E-state index contributed by atoms with van der Waals surface area (Å²) in [4.78, 5) is 0. The van der Waals surface area contributed by atoms with E-state index < -0.39 is 0 Å². The molecule has 18 heavy (non-hydrogen) atoms. The lowest BCUT2D eigenvalue weighted by molar-refractivity contribution is 0.344. The fourth-order valence-corrected chi connectivity index (χ4v) is 2.32. The second-order valence-electron chi connectivity index (χ2n) is 3.96. The molecule has 0 atom stereocenters. The maximum absolute atomic E-state index is 5.62. The van der Waals surface area contributed by atoms with Crippen LogP contribution in [0.2, 0.25) is 0 Å². The summed E-state index contributed by atoms with van der Waals surface area (Å²) in [6.45, 7) is 0.724. The SMILES string of the molecule is Nc1ccc(OCCSCc2ccccc2)cc1. The van der Waals surface area contributed by atoms with Crippen molar-refractivity contribution in [3.05, 3.63) is 60.2 Å². The first-order chi connectivity index (χ1) is 8.84. The second-order valence-corrected chi connectivity index (χ2v) is 5.06. The van der Waals surface area contributed by atoms with E-state index in [-0.39, 0.29) is 0 Å². The van der Waals surface area contributed by atoms with Crippen LogP contribution in [0.4, 0.5) is 5.69 Å². The molecule has 0 fully saturated rings. The van der Waals surface area contributed by atoms with Gasteiger partial charge in [-0.05, 0) is 29.8 Å². The molecule has 3 heteroatoms. The molecule has 2 aromatic carbocycles. The standard InChI is InChI=1S/C15H17NOS/c16-14-6-8-15(9-7-14)17-10-11-18-12-13-4-2-1-3-5-13/h1-9H,10-12,16H2. The van der Waals surface area contributed by atoms with Crippen molar-refractivity contribution in [1.29, 1.82) is 0 Å². The van der Waals surface area contributed by atoms with E-state index in [0.717, 1.165) is 29.5 Å². The first kappa shape index (κ1) is 12.8. The largest absolute Gasteiger partial charge is 0.493 e. The molecule has 0 amide bonds. The molecular formula is C15H17NOS. The van der Waals surface area contributed by atoms with Crippen LogP contribution in [0.25, 0.3) is 0 Å². The van der Waals surface area contributed by atoms with Gasteiger partial charge in [0.2, 0.25) is 0 Å². The summed E-state index contributed by atoms with van der Waals surface area (Å²) in [6.07, 6.45) is 0. The molecule has 0 aliphatic carbocycles. The Morgan fingerprint density at radius 3 is 2.39 bits per heavy atom. The van der Waals surface area contributed by atoms with Crippen LogP contribution >= 0.6 is 11.8 Å². The van der Waals surface area contributed by atoms with Gasteiger partial charge in [-0.15, -0.1) is 0 Å². The van der Waals surface area contributed by atoms with Crippen LogP contribution in [0, 0.1) is 0 Å². The van der Waals surface area contributed by atoms with Gasteiger partial charge in [-0.25, -0.2) is 0 Å². The molecule has 0 bridgehead atoms. The van der Waals surface area contributed by atoms with Crippen molar-refractivity contribution in [2.24, 2.45) is 0 Å². The van der Waals surface area contributed by atoms with Gasteiger partial charge in [-0.2, -0.15) is 11.8 Å². The van der Waals surface area contributed by atoms with Crippen LogP contribution in [-0.2, 0) is 5.75 Å². The summed E-state index contributed by atoms with van der Waals surface area (Å²) >= 11 is 1.88. The Kier molecular flexibility index (Phi) is 4.97. The van der Waals surface area contributed by atoms with Crippen molar-refractivity contribution in [2.45, 2.75) is 5.75 Å². The zero-order valence-corrected chi connectivity index (χ0v) is 11.0. The Balaban J connectivity index is 1.63. The molecule has 0 heterocycles. The summed E-state index contributed by atoms with van der Waals surface area (Å²) in [5.74, 6) is 2.90. The Bertz CT molecular complexity index is 456. The highest BCUT2D eigenvalue weighted by Gasteiger charge is 1.95. The lowest BCUT2D eigenvalue weighted by Crippen LogP contribution is -2.00. The van der Waals surface area contributed by atoms with Gasteiger partial charge in [0, 0.05) is 17.2 Å². The molecule has 2 nitrogen and oxygen atoms in total. The summed E-state index contributed by atoms with van der Waals surface area (Å²) < 4.78 is 5.62. The van der Waals surface area contributed by atoms with Crippen LogP contribution in [-0.4, -0.2) is 12.4 Å². The van der Waals surface area contributed by atoms with E-state index in [1.807, 2.05) is 42.1 Å². The third-order valence-corrected chi connectivity index (χ3v) is 3.48. The number of benzene rings is 2. The molecule has 0 spiro atoms. The van der Waals surface area contributed by atoms with Crippen molar-refractivity contribution >= 4 is 17.4 Å². The fourth-order valence-electron chi connectivity index (χ4n) is 1.55. The van der Waals surface area contributed by atoms with Crippen LogP contribution in [0.15, 0.2) is 54.6 Å². The number of nitrogen functional groups attached to an aromatic ring is 1. The quantitative estimate of drug-likeness (QED) is 0.636. The Labute approximate surface area is 112 Å². The molecule has 0 aliphatic heterocycles. The minimum absolute atomic E-state index is 0.724. The molecule has 2 N–H and O–H groups in total. The van der Waals surface area contributed by atoms with Crippen molar-refractivity contribution < 1.29 is 4.74 Å². The highest BCUT2D eigenvalue weighted by Crippen LogP contribution is 2.15. The molecule has 0 saturated carbocycles. The number of hydrogen-bond acceptors (Lipinski definition) is 3. The molecule has 0 unspecified atom stereocenters. The highest BCUT2D eigenvalue weighted by atomic mass is 32.2. The van der Waals surface area contributed by atoms with Crippen LogP contribution < -0.4 is 10.5 Å². The van der Waals surface area contributed by atoms with Crippen LogP contribution in [0.3, 0.4) is 0 Å². The van der Waals surface area contributed by atoms with Crippen LogP contribution in [0.5, 0.6) is 5.75 Å². The lowest BCUT2D eigenvalue weighted by atomic mass is 10.2. The van der Waals surface area contributed by atoms with Crippen molar-refractivity contribution in [2.75, 3.05) is 18.1 Å². The molecule has 94 valence electrons. The van der Waals surface area contributed by atoms with Gasteiger partial charge >= 0.3 is 0 Å². The first-order valence-corrected chi connectivity index (χ1v) is 7.10. The average molecular weight is 259 g/mol. The lowest BCUT2D eigenvalue weighted by Gasteiger charge is -2.06. The number of thioether (sulfide) groups is 1. The number of anilines is 1. The number of nitrogens with two attached hydrogens (primary N) is 1. The predicted molar refractivity (Wildman–Crippen MR) is 79.0 cm³/mol. The summed E-state index contributed by atoms with van der Waals surface area (Å²) in [7, 11) is 0. The van der Waals surface area contributed by atoms with Gasteiger partial charge in [0.25, 0.3) is 0 Å². The molecule has 2 rings (SSSR count). The minimum atomic E-state index is 0.724. The van der Waals surface area contributed by atoms with E-state index in [9.17, 15) is 0 Å². The molecule has 0 saturated heterocycles. The zero-order valence-electron chi connectivity index (χ0n) is 10.2. The maximum Gasteiger partial charge on any atom is 0.119 e. The van der Waals surface area contributed by atoms with E-state index in [1.165, 1.54) is 5.56 Å². The minimum Gasteiger partial charge on any atom is -0.493 e. The van der Waals surface area contributed by atoms with Crippen LogP contribution in [0.1, 0.15) is 5.56 Å². The summed E-state index contributed by atoms with van der Waals surface area (Å²) in [5.41, 5.74) is 7.73. The fraction of sp³-hybridized carbons (Fsp3) is 0.200. The van der Waals surface area contributed by atoms with E-state index in [2.05, 4.69) is 24.3 Å². The predicted octanol–water partition coefficient (Wildman–Crippen LogP) is 3.58. The van der Waals surface area contributed by atoms with E-state index >= 15 is 0 Å². The van der Waals surface area contributed by atoms with Gasteiger partial charge in [-0.1, -0.05) is 30.3 Å². The Hall–Kier alpha value is -1.61. The molecule has 0 radical (unpaired) electrons. The first-order valence-electron chi connectivity index (χ1n) is 5.94. The van der Waals surface area contributed by atoms with E-state index in [1.54, 1.807) is 0 Å². The zero-order chi connectivity index (χ0) is 12.6. The Morgan fingerprint density at radius 1 is 0.944 bits per heavy atom. The molecule has 2 aromatic rings. The normalized spacial score (nSPS) is 10.2. The van der Waals surface area contributed by atoms with Gasteiger partial charge in [0.15, 0.2) is 0 Å². The van der Waals surface area contributed by atoms with Gasteiger partial charge in [0.1, 0.15) is 5.75 Å². The maximum atomic E-state index is 5.62. The average Bonchev–Trinajstić information content (AvgIpc) is 2.42. The smallest absolute Gasteiger partial charge is 0.119 e. The van der Waals surface area contributed by atoms with Gasteiger partial charge in [0.05, 0.1) is 6.61 Å². The van der Waals surface area contributed by atoms with E-state index in [0.29, 0.717) is 0 Å². The van der Waals surface area contributed by atoms with Crippen molar-refractivity contribution in [1.82, 2.24) is 0 Å². The summed E-state index contributed by atoms with van der Waals surface area (Å²) in [6, 6.07) is 18.0. The number of hydrogen-bond donors (Lipinski definition) is 1. The van der Waals surface area contributed by atoms with Crippen molar-refractivity contribution in [3.8, 4) is 5.75 Å². The summed E-state index contributed by atoms with van der Waals surface area (Å²) in [5, 5.41) is 0. The van der Waals surface area contributed by atoms with Crippen molar-refractivity contribution in [3.63, 3.8) is 0 Å². The topological polar surface area (TPSA) is 35.2 Å². The number of rotatable bonds is 6. The second kappa shape index (κ2) is 6.97. The Morgan fingerprint density at radius 2 is 1.67 bits per heavy atom. The van der Waals surface area contributed by atoms with Gasteiger partial charge < -0.3 is 10.5 Å². The van der Waals surface area contributed by atoms with E-state index in [4.69, 9.17) is 10.5 Å². The monoisotopic (exact) mass is 259 g/mol. The van der Waals surface area contributed by atoms with Gasteiger partial charge in [-0.3, -0.25) is 0 Å². The molecule has 0 aromatic heterocycles. The number of ether oxygens (including phenoxy) is 1. The third kappa shape index (κ3) is 4.34. The molecular weight excluding hydrogens is 242 g/mol.